The lowest BCUT2D eigenvalue weighted by atomic mass is 9.80. The molecule has 0 fully saturated rings. The van der Waals surface area contributed by atoms with Gasteiger partial charge in [0.15, 0.2) is 11.9 Å². The van der Waals surface area contributed by atoms with Gasteiger partial charge in [0.05, 0.1) is 10.8 Å². The number of rotatable bonds is 4. The van der Waals surface area contributed by atoms with Crippen LogP contribution in [0.3, 0.4) is 0 Å². The zero-order valence-corrected chi connectivity index (χ0v) is 14.5. The van der Waals surface area contributed by atoms with Crippen LogP contribution in [0.4, 0.5) is 5.69 Å². The van der Waals surface area contributed by atoms with E-state index >= 15 is 0 Å². The van der Waals surface area contributed by atoms with E-state index in [-0.39, 0.29) is 17.3 Å². The standard InChI is InChI=1S/C21H17NO5/c23-16-10-5-11-17-19(16)18(14-8-4-9-15(12-14)22(25)26)21(27-17)20(24)13-6-2-1-3-7-13/h1-4,6-9,12,18,21H,5,10-11H2. The lowest BCUT2D eigenvalue weighted by Gasteiger charge is -2.20. The Hall–Kier alpha value is -3.28. The third-order valence-corrected chi connectivity index (χ3v) is 5.05. The summed E-state index contributed by atoms with van der Waals surface area (Å²) in [6.07, 6.45) is 0.803. The summed E-state index contributed by atoms with van der Waals surface area (Å²) < 4.78 is 5.96. The minimum Gasteiger partial charge on any atom is -0.485 e. The Kier molecular flexibility index (Phi) is 4.32. The molecule has 2 unspecified atom stereocenters. The molecule has 0 radical (unpaired) electrons. The van der Waals surface area contributed by atoms with E-state index in [1.54, 1.807) is 36.4 Å². The van der Waals surface area contributed by atoms with E-state index in [0.717, 1.165) is 0 Å². The minimum atomic E-state index is -0.888. The summed E-state index contributed by atoms with van der Waals surface area (Å²) in [5.41, 5.74) is 1.47. The van der Waals surface area contributed by atoms with Crippen molar-refractivity contribution in [1.82, 2.24) is 0 Å². The topological polar surface area (TPSA) is 86.5 Å². The molecule has 0 N–H and O–H groups in total. The average Bonchev–Trinajstić information content (AvgIpc) is 3.09. The maximum Gasteiger partial charge on any atom is 0.269 e. The summed E-state index contributed by atoms with van der Waals surface area (Å²) in [5.74, 6) is -0.345. The molecular formula is C21H17NO5. The third kappa shape index (κ3) is 3.03. The SMILES string of the molecule is O=C1CCCC2=C1C(c1cccc([N+](=O)[O-])c1)C(C(=O)c1ccccc1)O2. The Morgan fingerprint density at radius 3 is 2.59 bits per heavy atom. The van der Waals surface area contributed by atoms with Gasteiger partial charge in [0.2, 0.25) is 5.78 Å². The summed E-state index contributed by atoms with van der Waals surface area (Å²) in [6, 6.07) is 14.9. The molecule has 2 aromatic rings. The molecule has 6 nitrogen and oxygen atoms in total. The molecule has 1 aliphatic carbocycles. The Bertz CT molecular complexity index is 964. The zero-order chi connectivity index (χ0) is 19.0. The average molecular weight is 363 g/mol. The molecule has 4 rings (SSSR count). The Balaban J connectivity index is 1.80. The van der Waals surface area contributed by atoms with Crippen LogP contribution in [0.2, 0.25) is 0 Å². The second-order valence-corrected chi connectivity index (χ2v) is 6.71. The van der Waals surface area contributed by atoms with Gasteiger partial charge >= 0.3 is 0 Å². The van der Waals surface area contributed by atoms with Crippen LogP contribution in [0.25, 0.3) is 0 Å². The molecule has 136 valence electrons. The zero-order valence-electron chi connectivity index (χ0n) is 14.5. The molecule has 27 heavy (non-hydrogen) atoms. The van der Waals surface area contributed by atoms with Crippen molar-refractivity contribution in [1.29, 1.82) is 0 Å². The fourth-order valence-electron chi connectivity index (χ4n) is 3.82. The first kappa shape index (κ1) is 17.1. The van der Waals surface area contributed by atoms with Crippen molar-refractivity contribution in [2.75, 3.05) is 0 Å². The van der Waals surface area contributed by atoms with Crippen molar-refractivity contribution >= 4 is 17.3 Å². The smallest absolute Gasteiger partial charge is 0.269 e. The van der Waals surface area contributed by atoms with Gasteiger partial charge in [-0.05, 0) is 12.0 Å². The molecule has 6 heteroatoms. The van der Waals surface area contributed by atoms with Gasteiger partial charge < -0.3 is 4.74 Å². The number of carbonyl (C=O) groups excluding carboxylic acids is 2. The van der Waals surface area contributed by atoms with Gasteiger partial charge in [0.25, 0.3) is 5.69 Å². The van der Waals surface area contributed by atoms with E-state index in [9.17, 15) is 19.7 Å². The molecular weight excluding hydrogens is 346 g/mol. The van der Waals surface area contributed by atoms with E-state index < -0.39 is 16.9 Å². The van der Waals surface area contributed by atoms with Gasteiger partial charge in [0, 0.05) is 36.1 Å². The predicted octanol–water partition coefficient (Wildman–Crippen LogP) is 3.97. The largest absolute Gasteiger partial charge is 0.485 e. The summed E-state index contributed by atoms with van der Waals surface area (Å²) in [5, 5.41) is 11.2. The van der Waals surface area contributed by atoms with Gasteiger partial charge in [-0.15, -0.1) is 0 Å². The van der Waals surface area contributed by atoms with E-state index in [1.807, 2.05) is 6.07 Å². The maximum atomic E-state index is 13.1. The van der Waals surface area contributed by atoms with Gasteiger partial charge in [0.1, 0.15) is 5.76 Å². The first-order valence-corrected chi connectivity index (χ1v) is 8.83. The number of nitro groups is 1. The summed E-state index contributed by atoms with van der Waals surface area (Å²) in [6.45, 7) is 0. The van der Waals surface area contributed by atoms with Crippen LogP contribution in [0, 0.1) is 10.1 Å². The van der Waals surface area contributed by atoms with Gasteiger partial charge in [-0.3, -0.25) is 19.7 Å². The molecule has 0 saturated carbocycles. The number of hydrogen-bond acceptors (Lipinski definition) is 5. The van der Waals surface area contributed by atoms with Crippen molar-refractivity contribution in [2.45, 2.75) is 31.3 Å². The Morgan fingerprint density at radius 2 is 1.85 bits per heavy atom. The van der Waals surface area contributed by atoms with Crippen molar-refractivity contribution in [3.8, 4) is 0 Å². The van der Waals surface area contributed by atoms with Crippen LogP contribution in [0.15, 0.2) is 65.9 Å². The highest BCUT2D eigenvalue weighted by Crippen LogP contribution is 2.45. The van der Waals surface area contributed by atoms with Crippen molar-refractivity contribution in [2.24, 2.45) is 0 Å². The predicted molar refractivity (Wildman–Crippen MR) is 97.4 cm³/mol. The monoisotopic (exact) mass is 363 g/mol. The van der Waals surface area contributed by atoms with Crippen LogP contribution in [-0.4, -0.2) is 22.6 Å². The fourth-order valence-corrected chi connectivity index (χ4v) is 3.82. The third-order valence-electron chi connectivity index (χ3n) is 5.05. The first-order chi connectivity index (χ1) is 13.1. The molecule has 0 saturated heterocycles. The van der Waals surface area contributed by atoms with Crippen LogP contribution >= 0.6 is 0 Å². The Morgan fingerprint density at radius 1 is 1.07 bits per heavy atom. The van der Waals surface area contributed by atoms with Gasteiger partial charge in [-0.1, -0.05) is 42.5 Å². The molecule has 2 aliphatic rings. The minimum absolute atomic E-state index is 0.0453. The molecule has 1 aliphatic heterocycles. The van der Waals surface area contributed by atoms with E-state index in [4.69, 9.17) is 4.74 Å². The Labute approximate surface area is 155 Å². The quantitative estimate of drug-likeness (QED) is 0.466. The van der Waals surface area contributed by atoms with Crippen molar-refractivity contribution < 1.29 is 19.2 Å². The maximum absolute atomic E-state index is 13.1. The first-order valence-electron chi connectivity index (χ1n) is 8.83. The number of non-ortho nitro benzene ring substituents is 1. The normalized spacial score (nSPS) is 21.6. The second kappa shape index (κ2) is 6.79. The summed E-state index contributed by atoms with van der Waals surface area (Å²) >= 11 is 0. The highest BCUT2D eigenvalue weighted by molar-refractivity contribution is 6.05. The van der Waals surface area contributed by atoms with Crippen molar-refractivity contribution in [3.63, 3.8) is 0 Å². The molecule has 0 spiro atoms. The van der Waals surface area contributed by atoms with Crippen LogP contribution in [0.5, 0.6) is 0 Å². The number of benzene rings is 2. The highest BCUT2D eigenvalue weighted by Gasteiger charge is 2.46. The van der Waals surface area contributed by atoms with Crippen LogP contribution in [-0.2, 0) is 9.53 Å². The van der Waals surface area contributed by atoms with E-state index in [1.165, 1.54) is 12.1 Å². The molecule has 0 aromatic heterocycles. The van der Waals surface area contributed by atoms with Gasteiger partial charge in [-0.25, -0.2) is 0 Å². The number of allylic oxidation sites excluding steroid dienone is 1. The number of ketones is 2. The molecule has 1 heterocycles. The van der Waals surface area contributed by atoms with Gasteiger partial charge in [-0.2, -0.15) is 0 Å². The van der Waals surface area contributed by atoms with E-state index in [2.05, 4.69) is 0 Å². The number of hydrogen-bond donors (Lipinski definition) is 0. The fraction of sp³-hybridized carbons (Fsp3) is 0.238. The summed E-state index contributed by atoms with van der Waals surface area (Å²) in [4.78, 5) is 36.4. The number of ether oxygens (including phenoxy) is 1. The van der Waals surface area contributed by atoms with E-state index in [0.29, 0.717) is 41.7 Å². The summed E-state index contributed by atoms with van der Waals surface area (Å²) in [7, 11) is 0. The molecule has 2 atom stereocenters. The number of carbonyl (C=O) groups is 2. The lowest BCUT2D eigenvalue weighted by Crippen LogP contribution is -2.28. The number of nitro benzene ring substituents is 1. The molecule has 0 bridgehead atoms. The second-order valence-electron chi connectivity index (χ2n) is 6.71. The lowest BCUT2D eigenvalue weighted by molar-refractivity contribution is -0.384. The van der Waals surface area contributed by atoms with Crippen LogP contribution < -0.4 is 0 Å². The van der Waals surface area contributed by atoms with Crippen LogP contribution in [0.1, 0.15) is 41.1 Å². The van der Waals surface area contributed by atoms with Crippen molar-refractivity contribution in [3.05, 3.63) is 87.2 Å². The molecule has 0 amide bonds. The number of Topliss-reactive ketones (excluding diaryl/α,β-unsaturated/α-hetero) is 2. The molecule has 2 aromatic carbocycles. The highest BCUT2D eigenvalue weighted by atomic mass is 16.6. The number of nitrogens with zero attached hydrogens (tertiary/aromatic N) is 1.